The number of hydrogen-bond acceptors (Lipinski definition) is 5. The number of nitrogens with zero attached hydrogens (tertiary/aromatic N) is 1. The van der Waals surface area contributed by atoms with Gasteiger partial charge < -0.3 is 4.74 Å². The van der Waals surface area contributed by atoms with Crippen LogP contribution < -0.4 is 9.46 Å². The van der Waals surface area contributed by atoms with E-state index in [1.807, 2.05) is 18.2 Å². The molecule has 0 radical (unpaired) electrons. The SMILES string of the molecule is CCC#Cc1cccc(CC(NSc2ccccc2)c2nc3ccc(OC)cc3s2)c1. The Bertz CT molecular complexity index is 1210. The summed E-state index contributed by atoms with van der Waals surface area (Å²) in [6, 6.07) is 25.0. The lowest BCUT2D eigenvalue weighted by Gasteiger charge is -2.16. The van der Waals surface area contributed by atoms with E-state index in [4.69, 9.17) is 9.72 Å². The van der Waals surface area contributed by atoms with Gasteiger partial charge in [-0.2, -0.15) is 0 Å². The zero-order valence-corrected chi connectivity index (χ0v) is 19.2. The first kappa shape index (κ1) is 21.5. The second-order valence-corrected chi connectivity index (χ2v) is 9.00. The highest BCUT2D eigenvalue weighted by Gasteiger charge is 2.18. The van der Waals surface area contributed by atoms with Crippen LogP contribution in [0.2, 0.25) is 0 Å². The fraction of sp³-hybridized carbons (Fsp3) is 0.192. The molecule has 4 rings (SSSR count). The average molecular weight is 445 g/mol. The van der Waals surface area contributed by atoms with Gasteiger partial charge in [0.15, 0.2) is 0 Å². The minimum atomic E-state index is 0.0722. The van der Waals surface area contributed by atoms with Crippen molar-refractivity contribution in [2.75, 3.05) is 7.11 Å². The predicted molar refractivity (Wildman–Crippen MR) is 132 cm³/mol. The van der Waals surface area contributed by atoms with Crippen LogP contribution >= 0.6 is 23.3 Å². The summed E-state index contributed by atoms with van der Waals surface area (Å²) in [5.74, 6) is 7.25. The van der Waals surface area contributed by atoms with E-state index in [2.05, 4.69) is 78.1 Å². The molecule has 1 N–H and O–H groups in total. The highest BCUT2D eigenvalue weighted by Crippen LogP contribution is 2.32. The number of hydrogen-bond donors (Lipinski definition) is 1. The van der Waals surface area contributed by atoms with Crippen LogP contribution in [0.1, 0.15) is 35.5 Å². The summed E-state index contributed by atoms with van der Waals surface area (Å²) in [6.07, 6.45) is 1.69. The molecular formula is C26H24N2OS2. The molecule has 0 spiro atoms. The lowest BCUT2D eigenvalue weighted by atomic mass is 10.0. The summed E-state index contributed by atoms with van der Waals surface area (Å²) >= 11 is 3.35. The van der Waals surface area contributed by atoms with Crippen molar-refractivity contribution in [3.8, 4) is 17.6 Å². The van der Waals surface area contributed by atoms with E-state index in [9.17, 15) is 0 Å². The van der Waals surface area contributed by atoms with Gasteiger partial charge in [-0.15, -0.1) is 11.3 Å². The zero-order chi connectivity index (χ0) is 21.5. The second-order valence-electron chi connectivity index (χ2n) is 7.03. The van der Waals surface area contributed by atoms with Crippen molar-refractivity contribution in [2.24, 2.45) is 0 Å². The maximum absolute atomic E-state index is 5.38. The van der Waals surface area contributed by atoms with Crippen molar-refractivity contribution < 1.29 is 4.74 Å². The third kappa shape index (κ3) is 5.68. The molecule has 31 heavy (non-hydrogen) atoms. The maximum Gasteiger partial charge on any atom is 0.120 e. The van der Waals surface area contributed by atoms with Gasteiger partial charge >= 0.3 is 0 Å². The van der Waals surface area contributed by atoms with Gasteiger partial charge in [-0.05, 0) is 66.4 Å². The van der Waals surface area contributed by atoms with E-state index in [0.717, 1.165) is 39.4 Å². The highest BCUT2D eigenvalue weighted by molar-refractivity contribution is 7.97. The van der Waals surface area contributed by atoms with Crippen molar-refractivity contribution >= 4 is 33.5 Å². The number of benzene rings is 3. The number of aromatic nitrogens is 1. The summed E-state index contributed by atoms with van der Waals surface area (Å²) in [7, 11) is 1.69. The summed E-state index contributed by atoms with van der Waals surface area (Å²) in [5, 5.41) is 1.07. The molecule has 0 fully saturated rings. The third-order valence-electron chi connectivity index (χ3n) is 4.75. The Morgan fingerprint density at radius 3 is 2.74 bits per heavy atom. The van der Waals surface area contributed by atoms with E-state index < -0.39 is 0 Å². The first-order chi connectivity index (χ1) is 15.2. The molecule has 0 saturated carbocycles. The molecule has 3 aromatic carbocycles. The molecule has 0 saturated heterocycles. The predicted octanol–water partition coefficient (Wildman–Crippen LogP) is 6.65. The largest absolute Gasteiger partial charge is 0.497 e. The number of fused-ring (bicyclic) bond motifs is 1. The van der Waals surface area contributed by atoms with Gasteiger partial charge in [-0.25, -0.2) is 9.71 Å². The van der Waals surface area contributed by atoms with E-state index in [1.165, 1.54) is 10.5 Å². The standard InChI is InChI=1S/C26H24N2OS2/c1-3-4-9-19-10-8-11-20(16-19)17-24(28-31-22-12-6-5-7-13-22)26-27-23-15-14-21(29-2)18-25(23)30-26/h5-8,10-16,18,24,28H,3,17H2,1-2H3. The maximum atomic E-state index is 5.38. The number of methoxy groups -OCH3 is 1. The van der Waals surface area contributed by atoms with E-state index >= 15 is 0 Å². The second kappa shape index (κ2) is 10.5. The summed E-state index contributed by atoms with van der Waals surface area (Å²) in [4.78, 5) is 6.11. The number of thiazole rings is 1. The molecule has 156 valence electrons. The van der Waals surface area contributed by atoms with Crippen molar-refractivity contribution in [2.45, 2.75) is 30.7 Å². The summed E-state index contributed by atoms with van der Waals surface area (Å²) < 4.78 is 10.2. The molecule has 0 amide bonds. The summed E-state index contributed by atoms with van der Waals surface area (Å²) in [5.41, 5.74) is 3.30. The first-order valence-corrected chi connectivity index (χ1v) is 11.9. The Morgan fingerprint density at radius 1 is 1.06 bits per heavy atom. The average Bonchev–Trinajstić information content (AvgIpc) is 3.24. The molecule has 3 nitrogen and oxygen atoms in total. The van der Waals surface area contributed by atoms with Crippen LogP contribution in [0.4, 0.5) is 0 Å². The van der Waals surface area contributed by atoms with E-state index in [1.54, 1.807) is 30.4 Å². The summed E-state index contributed by atoms with van der Waals surface area (Å²) in [6.45, 7) is 2.07. The van der Waals surface area contributed by atoms with Crippen molar-refractivity contribution in [3.63, 3.8) is 0 Å². The number of ether oxygens (including phenoxy) is 1. The Hall–Kier alpha value is -2.78. The molecule has 1 atom stereocenters. The Balaban J connectivity index is 1.62. The molecular weight excluding hydrogens is 420 g/mol. The highest BCUT2D eigenvalue weighted by atomic mass is 32.2. The van der Waals surface area contributed by atoms with Crippen molar-refractivity contribution in [3.05, 3.63) is 88.9 Å². The van der Waals surface area contributed by atoms with Gasteiger partial charge in [-0.1, -0.05) is 49.1 Å². The molecule has 4 aromatic rings. The lowest BCUT2D eigenvalue weighted by molar-refractivity contribution is 0.415. The molecule has 1 aromatic heterocycles. The molecule has 1 unspecified atom stereocenters. The van der Waals surface area contributed by atoms with Crippen LogP contribution in [-0.2, 0) is 6.42 Å². The van der Waals surface area contributed by atoms with Crippen LogP contribution in [0.3, 0.4) is 0 Å². The molecule has 0 aliphatic heterocycles. The number of nitrogens with one attached hydrogen (secondary N) is 1. The Labute approximate surface area is 192 Å². The fourth-order valence-electron chi connectivity index (χ4n) is 3.21. The molecule has 0 aliphatic rings. The van der Waals surface area contributed by atoms with Crippen molar-refractivity contribution in [1.29, 1.82) is 0 Å². The normalized spacial score (nSPS) is 11.7. The zero-order valence-electron chi connectivity index (χ0n) is 17.6. The Morgan fingerprint density at radius 2 is 1.94 bits per heavy atom. The van der Waals surface area contributed by atoms with Crippen LogP contribution in [-0.4, -0.2) is 12.1 Å². The van der Waals surface area contributed by atoms with Crippen LogP contribution in [0.15, 0.2) is 77.7 Å². The van der Waals surface area contributed by atoms with Gasteiger partial charge in [0.2, 0.25) is 0 Å². The van der Waals surface area contributed by atoms with E-state index in [-0.39, 0.29) is 6.04 Å². The van der Waals surface area contributed by atoms with Gasteiger partial charge in [0, 0.05) is 16.9 Å². The minimum Gasteiger partial charge on any atom is -0.497 e. The van der Waals surface area contributed by atoms with Gasteiger partial charge in [0.1, 0.15) is 10.8 Å². The van der Waals surface area contributed by atoms with E-state index in [0.29, 0.717) is 0 Å². The molecule has 5 heteroatoms. The molecule has 0 aliphatic carbocycles. The first-order valence-electron chi connectivity index (χ1n) is 10.2. The van der Waals surface area contributed by atoms with Gasteiger partial charge in [0.05, 0.1) is 23.4 Å². The fourth-order valence-corrected chi connectivity index (χ4v) is 5.10. The molecule has 0 bridgehead atoms. The molecule has 1 heterocycles. The third-order valence-corrected chi connectivity index (χ3v) is 6.79. The number of rotatable bonds is 7. The van der Waals surface area contributed by atoms with Crippen LogP contribution in [0.5, 0.6) is 5.75 Å². The quantitative estimate of drug-likeness (QED) is 0.256. The minimum absolute atomic E-state index is 0.0722. The van der Waals surface area contributed by atoms with Crippen LogP contribution in [0.25, 0.3) is 10.2 Å². The van der Waals surface area contributed by atoms with Crippen LogP contribution in [0, 0.1) is 11.8 Å². The smallest absolute Gasteiger partial charge is 0.120 e. The van der Waals surface area contributed by atoms with Gasteiger partial charge in [-0.3, -0.25) is 0 Å². The van der Waals surface area contributed by atoms with Crippen molar-refractivity contribution in [1.82, 2.24) is 9.71 Å². The topological polar surface area (TPSA) is 34.2 Å². The monoisotopic (exact) mass is 444 g/mol. The van der Waals surface area contributed by atoms with Gasteiger partial charge in [0.25, 0.3) is 0 Å². The Kier molecular flexibility index (Phi) is 7.26. The lowest BCUT2D eigenvalue weighted by Crippen LogP contribution is -2.16.